The Labute approximate surface area is 867 Å². The molecule has 0 bridgehead atoms. The van der Waals surface area contributed by atoms with E-state index in [1.807, 2.05) is 111 Å². The molecular formula is C95H99Cl8N27O13S. The minimum Gasteiger partial charge on any atom is -0.495 e. The van der Waals surface area contributed by atoms with Gasteiger partial charge in [-0.05, 0) is 84.9 Å². The zero-order valence-corrected chi connectivity index (χ0v) is 86.0. The number of halogens is 8. The number of piperazine rings is 5. The van der Waals surface area contributed by atoms with Gasteiger partial charge in [0.25, 0.3) is 0 Å². The molecule has 0 spiro atoms. The standard InChI is InChI=1S/C20H22ClN5O4S.2C19H19Cl2N5O2.C19H21ClN6O3.C18H18Cl2N6O2/c1-30-17-11-14(3-4-16(17)21)24-7-9-25(10-8-24)19(27)13-26-20-15(12-23-26)18(5-6-22-20)31(2,28)29;1-28-16-10-14(3-4-15(16)20)24-6-8-25(9-7-24)18(27)12-26-19-13(11-22-26)2-5-17(21)23-19;1-28-17-9-15(2-3-16(17)21)24-4-6-25(7-5-24)18(27)12-26-19-13(10-23-26)8-14(20)11-22-19;1-28-16-9-13(3-4-15(16)20)24-5-7-25(8-6-24)17(27)11-26-18-14(10-23-26)19(29-2)22-12-21-18;1-28-15-8-12(2-3-14(15)19)24-4-6-25(7-5-24)16(27)10-26-18-13(9-23-26)17(20)21-11-22-18/h3-6,11-12H,7-10,13H2,1-2H3;2-5,10-11H,6-9,12H2,1H3;2-3,8-11H,4-7,12H2,1H3;3-4,9-10,12H,5-8,11H2,1-2H3;2-3,8-9,11H,4-7,10H2,1H3. The number of carbonyl (C=O) groups excluding carboxylic acids is 5. The number of amides is 5. The third-order valence-electron chi connectivity index (χ3n) is 24.9. The van der Waals surface area contributed by atoms with Crippen molar-refractivity contribution < 1.29 is 60.8 Å². The first-order chi connectivity index (χ1) is 69.5. The number of anilines is 5. The van der Waals surface area contributed by atoms with Crippen LogP contribution in [0.1, 0.15) is 0 Å². The molecule has 144 heavy (non-hydrogen) atoms. The Kier molecular flexibility index (Phi) is 33.7. The fraction of sp³-hybridized carbons (Fsp3) is 0.337. The zero-order chi connectivity index (χ0) is 102. The van der Waals surface area contributed by atoms with Gasteiger partial charge in [-0.25, -0.2) is 66.7 Å². The summed E-state index contributed by atoms with van der Waals surface area (Å²) in [5.41, 5.74) is 7.90. The highest BCUT2D eigenvalue weighted by atomic mass is 35.5. The van der Waals surface area contributed by atoms with Crippen LogP contribution in [0.15, 0.2) is 176 Å². The molecule has 0 saturated carbocycles. The van der Waals surface area contributed by atoms with Crippen molar-refractivity contribution >= 4 is 216 Å². The van der Waals surface area contributed by atoms with E-state index in [2.05, 4.69) is 84.9 Å². The molecule has 0 N–H and O–H groups in total. The third kappa shape index (κ3) is 24.4. The Morgan fingerprint density at radius 3 is 0.972 bits per heavy atom. The van der Waals surface area contributed by atoms with E-state index in [0.717, 1.165) is 97.8 Å². The number of hydrogen-bond acceptors (Lipinski definition) is 30. The molecule has 754 valence electrons. The molecule has 0 atom stereocenters. The van der Waals surface area contributed by atoms with Crippen molar-refractivity contribution in [3.63, 3.8) is 0 Å². The molecule has 15 heterocycles. The summed E-state index contributed by atoms with van der Waals surface area (Å²) in [6.45, 7) is 13.9. The van der Waals surface area contributed by atoms with Crippen molar-refractivity contribution in [3.05, 3.63) is 212 Å². The summed E-state index contributed by atoms with van der Waals surface area (Å²) in [6.07, 6.45) is 14.9. The van der Waals surface area contributed by atoms with E-state index in [9.17, 15) is 32.4 Å². The number of sulfone groups is 1. The molecule has 5 aliphatic heterocycles. The molecule has 40 nitrogen and oxygen atoms in total. The van der Waals surface area contributed by atoms with Crippen molar-refractivity contribution in [1.82, 2.24) is 108 Å². The highest BCUT2D eigenvalue weighted by Crippen LogP contribution is 2.37. The van der Waals surface area contributed by atoms with Crippen molar-refractivity contribution in [1.29, 1.82) is 0 Å². The van der Waals surface area contributed by atoms with Crippen LogP contribution in [0.4, 0.5) is 28.4 Å². The second-order valence-electron chi connectivity index (χ2n) is 33.4. The van der Waals surface area contributed by atoms with Crippen molar-refractivity contribution in [2.75, 3.05) is 204 Å². The van der Waals surface area contributed by atoms with Gasteiger partial charge in [-0.3, -0.25) is 24.0 Å². The highest BCUT2D eigenvalue weighted by molar-refractivity contribution is 7.91. The largest absolute Gasteiger partial charge is 0.495 e. The monoisotopic (exact) mass is 2140 g/mol. The van der Waals surface area contributed by atoms with Crippen LogP contribution in [0, 0.1) is 0 Å². The van der Waals surface area contributed by atoms with Gasteiger partial charge in [0.1, 0.15) is 89.8 Å². The van der Waals surface area contributed by atoms with E-state index >= 15 is 0 Å². The van der Waals surface area contributed by atoms with E-state index in [4.69, 9.17) is 121 Å². The van der Waals surface area contributed by atoms with Gasteiger partial charge in [0.05, 0.1) is 119 Å². The summed E-state index contributed by atoms with van der Waals surface area (Å²) < 4.78 is 63.4. The number of aromatic nitrogens is 17. The fourth-order valence-corrected chi connectivity index (χ4v) is 19.4. The molecule has 20 rings (SSSR count). The number of ether oxygens (including phenoxy) is 6. The number of methoxy groups -OCH3 is 6. The van der Waals surface area contributed by atoms with Crippen molar-refractivity contribution in [3.8, 4) is 34.6 Å². The van der Waals surface area contributed by atoms with Crippen molar-refractivity contribution in [2.45, 2.75) is 37.6 Å². The maximum atomic E-state index is 12.8. The van der Waals surface area contributed by atoms with Crippen LogP contribution in [0.5, 0.6) is 34.6 Å². The number of hydrogen-bond donors (Lipinski definition) is 0. The minimum atomic E-state index is -3.42. The molecule has 5 saturated heterocycles. The number of fused-ring (bicyclic) bond motifs is 5. The van der Waals surface area contributed by atoms with Crippen LogP contribution < -0.4 is 52.9 Å². The van der Waals surface area contributed by atoms with Gasteiger partial charge in [-0.2, -0.15) is 25.5 Å². The van der Waals surface area contributed by atoms with Gasteiger partial charge in [0.15, 0.2) is 38.1 Å². The topological polar surface area (TPSA) is 387 Å². The molecule has 0 aliphatic carbocycles. The molecule has 5 aliphatic rings. The number of pyridine rings is 3. The summed E-state index contributed by atoms with van der Waals surface area (Å²) in [6, 6.07) is 35.2. The molecule has 0 radical (unpaired) electrons. The van der Waals surface area contributed by atoms with Crippen LogP contribution in [-0.2, 0) is 66.5 Å². The Balaban J connectivity index is 0.000000129. The van der Waals surface area contributed by atoms with E-state index in [0.29, 0.717) is 198 Å². The molecule has 5 aromatic carbocycles. The van der Waals surface area contributed by atoms with Crippen LogP contribution >= 0.6 is 92.8 Å². The van der Waals surface area contributed by atoms with Gasteiger partial charge in [0.2, 0.25) is 35.4 Å². The van der Waals surface area contributed by atoms with Gasteiger partial charge >= 0.3 is 0 Å². The first-order valence-corrected chi connectivity index (χ1v) is 50.3. The number of nitrogens with zero attached hydrogens (tertiary/aromatic N) is 27. The smallest absolute Gasteiger partial charge is 0.244 e. The molecule has 0 unspecified atom stereocenters. The summed E-state index contributed by atoms with van der Waals surface area (Å²) in [5, 5.41) is 28.8. The second kappa shape index (κ2) is 46.9. The van der Waals surface area contributed by atoms with Gasteiger partial charge in [0, 0.05) is 219 Å². The van der Waals surface area contributed by atoms with Gasteiger partial charge in [-0.1, -0.05) is 92.8 Å². The van der Waals surface area contributed by atoms with E-state index in [-0.39, 0.29) is 67.2 Å². The SMILES string of the molecule is COc1cc(N2CCN(C(=O)Cn3ncc4c(Cl)ncnc43)CC2)ccc1Cl.COc1cc(N2CCN(C(=O)Cn3ncc4c(OC)ncnc43)CC2)ccc1Cl.COc1cc(N2CCN(C(=O)Cn3ncc4c(S(C)(=O)=O)ccnc43)CC2)ccc1Cl.COc1cc(N2CCN(C(=O)Cn3ncc4cc(Cl)cnc43)CC2)ccc1Cl.COc1cc(N2CCN(C(=O)Cn3ncc4ccc(Cl)nc43)CC2)ccc1Cl. The molecular weight excluding hydrogens is 2040 g/mol. The van der Waals surface area contributed by atoms with Crippen LogP contribution in [0.2, 0.25) is 40.4 Å². The maximum Gasteiger partial charge on any atom is 0.244 e. The van der Waals surface area contributed by atoms with Crippen molar-refractivity contribution in [2.24, 2.45) is 0 Å². The second-order valence-corrected chi connectivity index (χ2v) is 38.6. The maximum absolute atomic E-state index is 12.8. The first kappa shape index (κ1) is 103. The fourth-order valence-electron chi connectivity index (χ4n) is 17.1. The molecule has 5 amide bonds. The summed E-state index contributed by atoms with van der Waals surface area (Å²) >= 11 is 48.5. The third-order valence-corrected chi connectivity index (χ3v) is 28.3. The van der Waals surface area contributed by atoms with Gasteiger partial charge < -0.3 is 77.4 Å². The predicted octanol–water partition coefficient (Wildman–Crippen LogP) is 12.4. The quantitative estimate of drug-likeness (QED) is 0.0449. The summed E-state index contributed by atoms with van der Waals surface area (Å²) in [5.74, 6) is 3.58. The molecule has 49 heteroatoms. The van der Waals surface area contributed by atoms with Crippen LogP contribution in [0.25, 0.3) is 55.2 Å². The lowest BCUT2D eigenvalue weighted by atomic mass is 10.2. The first-order valence-electron chi connectivity index (χ1n) is 45.3. The number of benzene rings is 5. The van der Waals surface area contributed by atoms with Gasteiger partial charge in [-0.15, -0.1) is 0 Å². The minimum absolute atomic E-state index is 0.000848. The summed E-state index contributed by atoms with van der Waals surface area (Å²) in [7, 11) is 6.10. The molecule has 5 fully saturated rings. The van der Waals surface area contributed by atoms with Crippen LogP contribution in [0.3, 0.4) is 0 Å². The number of carbonyl (C=O) groups is 5. The lowest BCUT2D eigenvalue weighted by Gasteiger charge is -2.36. The highest BCUT2D eigenvalue weighted by Gasteiger charge is 2.31. The molecule has 10 aromatic heterocycles. The average molecular weight is 2140 g/mol. The summed E-state index contributed by atoms with van der Waals surface area (Å²) in [4.78, 5) is 113. The Morgan fingerprint density at radius 1 is 0.306 bits per heavy atom. The van der Waals surface area contributed by atoms with E-state index < -0.39 is 9.84 Å². The zero-order valence-electron chi connectivity index (χ0n) is 79.2. The lowest BCUT2D eigenvalue weighted by molar-refractivity contribution is -0.133. The Morgan fingerprint density at radius 2 is 0.618 bits per heavy atom. The normalized spacial score (nSPS) is 14.5. The Hall–Kier alpha value is -13.5. The molecule has 15 aromatic rings. The average Bonchev–Trinajstić information content (AvgIpc) is 2.06. The van der Waals surface area contributed by atoms with Crippen LogP contribution in [-0.4, -0.2) is 326 Å². The predicted molar refractivity (Wildman–Crippen MR) is 552 cm³/mol. The number of rotatable bonds is 22. The van der Waals surface area contributed by atoms with E-state index in [1.165, 1.54) is 35.8 Å². The van der Waals surface area contributed by atoms with E-state index in [1.54, 1.807) is 115 Å². The Bertz CT molecular complexity index is 7200. The lowest BCUT2D eigenvalue weighted by Crippen LogP contribution is -2.49.